The molecule has 164 valence electrons. The lowest BCUT2D eigenvalue weighted by atomic mass is 9.86. The fraction of sp³-hybridized carbons (Fsp3) is 0.619. The summed E-state index contributed by atoms with van der Waals surface area (Å²) >= 11 is 0. The van der Waals surface area contributed by atoms with Gasteiger partial charge in [-0.2, -0.15) is 14.6 Å². The van der Waals surface area contributed by atoms with Crippen molar-refractivity contribution in [2.24, 2.45) is 5.92 Å². The summed E-state index contributed by atoms with van der Waals surface area (Å²) in [4.78, 5) is 11.9. The zero-order chi connectivity index (χ0) is 21.1. The molecule has 0 aromatic carbocycles. The maximum Gasteiger partial charge on any atom is 0.243 e. The average Bonchev–Trinajstić information content (AvgIpc) is 3.51. The highest BCUT2D eigenvalue weighted by Gasteiger charge is 2.44. The van der Waals surface area contributed by atoms with Gasteiger partial charge in [0, 0.05) is 31.0 Å². The number of halogens is 1. The van der Waals surface area contributed by atoms with Gasteiger partial charge < -0.3 is 15.0 Å². The molecule has 4 aliphatic rings. The Morgan fingerprint density at radius 3 is 2.87 bits per heavy atom. The third-order valence-electron chi connectivity index (χ3n) is 6.92. The zero-order valence-corrected chi connectivity index (χ0v) is 17.8. The molecule has 3 aromatic heterocycles. The summed E-state index contributed by atoms with van der Waals surface area (Å²) in [6.45, 7) is 5.58. The van der Waals surface area contributed by atoms with E-state index in [0.29, 0.717) is 25.0 Å². The van der Waals surface area contributed by atoms with Gasteiger partial charge in [-0.1, -0.05) is 0 Å². The maximum absolute atomic E-state index is 13.7. The van der Waals surface area contributed by atoms with Crippen molar-refractivity contribution < 1.29 is 9.13 Å². The molecule has 2 saturated heterocycles. The van der Waals surface area contributed by atoms with Crippen LogP contribution in [0.3, 0.4) is 0 Å². The highest BCUT2D eigenvalue weighted by molar-refractivity contribution is 5.86. The fourth-order valence-electron chi connectivity index (χ4n) is 4.95. The predicted octanol–water partition coefficient (Wildman–Crippen LogP) is 3.05. The Morgan fingerprint density at radius 2 is 2.19 bits per heavy atom. The Kier molecular flexibility index (Phi) is 4.38. The Morgan fingerprint density at radius 1 is 1.32 bits per heavy atom. The monoisotopic (exact) mass is 426 g/mol. The second-order valence-electron chi connectivity index (χ2n) is 8.90. The van der Waals surface area contributed by atoms with E-state index in [0.717, 1.165) is 41.5 Å². The van der Waals surface area contributed by atoms with Crippen LogP contribution in [0.2, 0.25) is 0 Å². The van der Waals surface area contributed by atoms with E-state index in [1.54, 1.807) is 10.8 Å². The number of hydrogen-bond donors (Lipinski definition) is 1. The van der Waals surface area contributed by atoms with Crippen LogP contribution >= 0.6 is 0 Å². The molecule has 3 aromatic rings. The molecule has 2 aliphatic carbocycles. The number of nitrogens with one attached hydrogen (secondary N) is 1. The molecule has 3 atom stereocenters. The Hall–Kier alpha value is -2.75. The van der Waals surface area contributed by atoms with Crippen LogP contribution in [0.15, 0.2) is 18.7 Å². The molecule has 2 bridgehead atoms. The minimum Gasteiger partial charge on any atom is -0.363 e. The van der Waals surface area contributed by atoms with Crippen molar-refractivity contribution in [1.82, 2.24) is 29.4 Å². The number of ether oxygens (including phenoxy) is 1. The first-order valence-electron chi connectivity index (χ1n) is 11.2. The molecule has 2 aliphatic heterocycles. The average molecular weight is 427 g/mol. The van der Waals surface area contributed by atoms with E-state index in [2.05, 4.69) is 20.4 Å². The highest BCUT2D eigenvalue weighted by Crippen LogP contribution is 2.46. The van der Waals surface area contributed by atoms with Crippen molar-refractivity contribution in [3.63, 3.8) is 0 Å². The van der Waals surface area contributed by atoms with Gasteiger partial charge in [0.05, 0.1) is 12.2 Å². The van der Waals surface area contributed by atoms with Gasteiger partial charge in [0.15, 0.2) is 5.65 Å². The molecule has 9 nitrogen and oxygen atoms in total. The lowest BCUT2D eigenvalue weighted by molar-refractivity contribution is 0.0160. The van der Waals surface area contributed by atoms with Crippen LogP contribution in [0.1, 0.15) is 45.8 Å². The third kappa shape index (κ3) is 3.07. The number of anilines is 2. The Balaban J connectivity index is 1.42. The van der Waals surface area contributed by atoms with Crippen molar-refractivity contribution >= 4 is 17.3 Å². The largest absolute Gasteiger partial charge is 0.363 e. The van der Waals surface area contributed by atoms with Gasteiger partial charge in [-0.15, -0.1) is 5.10 Å². The zero-order valence-electron chi connectivity index (χ0n) is 17.8. The van der Waals surface area contributed by atoms with E-state index in [-0.39, 0.29) is 12.3 Å². The smallest absolute Gasteiger partial charge is 0.243 e. The van der Waals surface area contributed by atoms with Gasteiger partial charge in [-0.05, 0) is 45.4 Å². The number of hydrogen-bond acceptors (Lipinski definition) is 7. The predicted molar refractivity (Wildman–Crippen MR) is 114 cm³/mol. The molecule has 0 spiro atoms. The fourth-order valence-corrected chi connectivity index (χ4v) is 4.95. The summed E-state index contributed by atoms with van der Waals surface area (Å²) in [7, 11) is 0. The summed E-state index contributed by atoms with van der Waals surface area (Å²) in [5.74, 6) is 1.20. The van der Waals surface area contributed by atoms with Gasteiger partial charge in [0.1, 0.15) is 30.1 Å². The molecule has 7 rings (SSSR count). The van der Waals surface area contributed by atoms with Crippen molar-refractivity contribution in [2.45, 2.75) is 64.0 Å². The van der Waals surface area contributed by atoms with Crippen LogP contribution in [0.25, 0.3) is 16.9 Å². The summed E-state index contributed by atoms with van der Waals surface area (Å²) in [6.07, 6.45) is 8.34. The molecule has 2 saturated carbocycles. The van der Waals surface area contributed by atoms with Crippen molar-refractivity contribution in [3.8, 4) is 11.3 Å². The van der Waals surface area contributed by atoms with Crippen molar-refractivity contribution in [1.29, 1.82) is 0 Å². The normalized spacial score (nSPS) is 27.9. The molecule has 0 amide bonds. The van der Waals surface area contributed by atoms with Gasteiger partial charge in [0.2, 0.25) is 5.95 Å². The van der Waals surface area contributed by atoms with Crippen LogP contribution in [0, 0.1) is 5.92 Å². The lowest BCUT2D eigenvalue weighted by Gasteiger charge is -2.30. The Labute approximate surface area is 179 Å². The minimum absolute atomic E-state index is 0.148. The summed E-state index contributed by atoms with van der Waals surface area (Å²) < 4.78 is 22.9. The lowest BCUT2D eigenvalue weighted by Crippen LogP contribution is -2.40. The van der Waals surface area contributed by atoms with Crippen LogP contribution < -0.4 is 10.2 Å². The first kappa shape index (κ1) is 19.0. The summed E-state index contributed by atoms with van der Waals surface area (Å²) in [5, 5.41) is 12.2. The van der Waals surface area contributed by atoms with Crippen LogP contribution in [-0.4, -0.2) is 60.8 Å². The number of fused-ring (bicyclic) bond motifs is 2. The van der Waals surface area contributed by atoms with Gasteiger partial charge in [0.25, 0.3) is 0 Å². The number of nitrogens with zero attached hydrogens (tertiary/aromatic N) is 7. The maximum atomic E-state index is 13.7. The molecule has 3 unspecified atom stereocenters. The number of aromatic nitrogens is 6. The van der Waals surface area contributed by atoms with E-state index in [4.69, 9.17) is 14.7 Å². The quantitative estimate of drug-likeness (QED) is 0.621. The highest BCUT2D eigenvalue weighted by atomic mass is 19.1. The molecule has 5 heterocycles. The first-order chi connectivity index (χ1) is 15.1. The van der Waals surface area contributed by atoms with Crippen LogP contribution in [0.5, 0.6) is 0 Å². The number of rotatable bonds is 7. The topological polar surface area (TPSA) is 85.4 Å². The molecule has 31 heavy (non-hydrogen) atoms. The van der Waals surface area contributed by atoms with Crippen LogP contribution in [-0.2, 0) is 4.74 Å². The van der Waals surface area contributed by atoms with Gasteiger partial charge >= 0.3 is 0 Å². The van der Waals surface area contributed by atoms with Crippen LogP contribution in [0.4, 0.5) is 16.0 Å². The van der Waals surface area contributed by atoms with E-state index >= 15 is 0 Å². The summed E-state index contributed by atoms with van der Waals surface area (Å²) in [5.41, 5.74) is 3.51. The second kappa shape index (κ2) is 7.15. The van der Waals surface area contributed by atoms with Crippen molar-refractivity contribution in [2.75, 3.05) is 23.4 Å². The molecule has 0 radical (unpaired) electrons. The van der Waals surface area contributed by atoms with Crippen molar-refractivity contribution in [3.05, 3.63) is 18.7 Å². The SMILES string of the molecule is CCOC(C)n1cc(-c2ncn3nc(NC4CCC4F)nc3c2N2CC3CC2C3)cn1. The standard InChI is InChI=1S/C21H27FN8O/c1-3-31-12(2)29-10-14(8-24-29)18-19(28-9-13-6-15(28)7-13)20-26-21(27-30(20)11-23-18)25-17-5-4-16(17)22/h8,10-13,15-17H,3-7,9H2,1-2H3,(H,25,27). The van der Waals surface area contributed by atoms with Gasteiger partial charge in [-0.25, -0.2) is 14.1 Å². The van der Waals surface area contributed by atoms with E-state index in [1.165, 1.54) is 12.8 Å². The molecule has 10 heteroatoms. The Bertz CT molecular complexity index is 1110. The van der Waals surface area contributed by atoms with E-state index in [1.807, 2.05) is 30.9 Å². The molecular formula is C21H27FN8O. The van der Waals surface area contributed by atoms with E-state index < -0.39 is 6.17 Å². The third-order valence-corrected chi connectivity index (χ3v) is 6.92. The first-order valence-corrected chi connectivity index (χ1v) is 11.2. The van der Waals surface area contributed by atoms with E-state index in [9.17, 15) is 4.39 Å². The minimum atomic E-state index is -0.830. The molecular weight excluding hydrogens is 399 g/mol. The molecule has 1 N–H and O–H groups in total. The number of alkyl halides is 1. The molecule has 4 fully saturated rings. The van der Waals surface area contributed by atoms with Gasteiger partial charge in [-0.3, -0.25) is 0 Å². The summed E-state index contributed by atoms with van der Waals surface area (Å²) in [6, 6.07) is 0.315. The second-order valence-corrected chi connectivity index (χ2v) is 8.90.